The van der Waals surface area contributed by atoms with Crippen molar-refractivity contribution in [2.45, 2.75) is 51.7 Å². The average Bonchev–Trinajstić information content (AvgIpc) is 2.71. The molecule has 1 heterocycles. The summed E-state index contributed by atoms with van der Waals surface area (Å²) in [7, 11) is 0. The van der Waals surface area contributed by atoms with Crippen LogP contribution in [0.4, 0.5) is 0 Å². The first-order valence-corrected chi connectivity index (χ1v) is 6.10. The first-order valence-electron chi connectivity index (χ1n) is 6.10. The van der Waals surface area contributed by atoms with Gasteiger partial charge in [0, 0.05) is 12.6 Å². The first kappa shape index (κ1) is 10.4. The molecule has 0 bridgehead atoms. The number of rotatable bonds is 2. The molecule has 3 atom stereocenters. The molecule has 0 spiro atoms. The lowest BCUT2D eigenvalue weighted by atomic mass is 9.95. The normalized spacial score (nSPS) is 39.9. The molecule has 2 rings (SSSR count). The minimum atomic E-state index is -0.0408. The summed E-state index contributed by atoms with van der Waals surface area (Å²) in [6.07, 6.45) is 4.75. The molecule has 0 aromatic carbocycles. The van der Waals surface area contributed by atoms with E-state index in [2.05, 4.69) is 18.7 Å². The summed E-state index contributed by atoms with van der Waals surface area (Å²) in [4.78, 5) is 2.53. The molecule has 2 aliphatic rings. The Morgan fingerprint density at radius 1 is 1.21 bits per heavy atom. The van der Waals surface area contributed by atoms with E-state index in [1.165, 1.54) is 32.4 Å². The first-order chi connectivity index (χ1) is 6.68. The van der Waals surface area contributed by atoms with Crippen molar-refractivity contribution in [1.82, 2.24) is 4.90 Å². The molecule has 1 saturated carbocycles. The van der Waals surface area contributed by atoms with E-state index >= 15 is 0 Å². The smallest absolute Gasteiger partial charge is 0.0695 e. The van der Waals surface area contributed by atoms with E-state index in [1.807, 2.05) is 0 Å². The molecule has 2 heteroatoms. The fraction of sp³-hybridized carbons (Fsp3) is 1.00. The minimum Gasteiger partial charge on any atom is -0.391 e. The van der Waals surface area contributed by atoms with Crippen LogP contribution in [0, 0.1) is 11.8 Å². The largest absolute Gasteiger partial charge is 0.391 e. The van der Waals surface area contributed by atoms with E-state index in [-0.39, 0.29) is 6.10 Å². The van der Waals surface area contributed by atoms with Crippen LogP contribution in [0.5, 0.6) is 0 Å². The SMILES string of the molecule is CC(C)C1CCN([C@H]2CCC[C@@H]2O)C1. The molecule has 1 saturated heterocycles. The lowest BCUT2D eigenvalue weighted by molar-refractivity contribution is 0.0817. The van der Waals surface area contributed by atoms with Gasteiger partial charge in [-0.25, -0.2) is 0 Å². The van der Waals surface area contributed by atoms with Crippen molar-refractivity contribution in [3.8, 4) is 0 Å². The lowest BCUT2D eigenvalue weighted by Crippen LogP contribution is -2.39. The molecule has 0 amide bonds. The summed E-state index contributed by atoms with van der Waals surface area (Å²) in [5.41, 5.74) is 0. The zero-order chi connectivity index (χ0) is 10.1. The summed E-state index contributed by atoms with van der Waals surface area (Å²) < 4.78 is 0. The molecule has 2 nitrogen and oxygen atoms in total. The van der Waals surface area contributed by atoms with Gasteiger partial charge in [-0.05, 0) is 44.1 Å². The van der Waals surface area contributed by atoms with Crippen LogP contribution < -0.4 is 0 Å². The van der Waals surface area contributed by atoms with Gasteiger partial charge in [0.2, 0.25) is 0 Å². The highest BCUT2D eigenvalue weighted by molar-refractivity contribution is 4.89. The molecule has 82 valence electrons. The van der Waals surface area contributed by atoms with Crippen molar-refractivity contribution in [2.24, 2.45) is 11.8 Å². The van der Waals surface area contributed by atoms with Crippen LogP contribution in [0.1, 0.15) is 39.5 Å². The van der Waals surface area contributed by atoms with Gasteiger partial charge in [0.1, 0.15) is 0 Å². The van der Waals surface area contributed by atoms with E-state index in [9.17, 15) is 5.11 Å². The van der Waals surface area contributed by atoms with Crippen molar-refractivity contribution in [2.75, 3.05) is 13.1 Å². The standard InChI is InChI=1S/C12H23NO/c1-9(2)10-6-7-13(8-10)11-4-3-5-12(11)14/h9-12,14H,3-8H2,1-2H3/t10?,11-,12-/m0/s1. The Bertz CT molecular complexity index is 193. The Balaban J connectivity index is 1.88. The number of likely N-dealkylation sites (tertiary alicyclic amines) is 1. The number of hydrogen-bond acceptors (Lipinski definition) is 2. The molecule has 1 N–H and O–H groups in total. The summed E-state index contributed by atoms with van der Waals surface area (Å²) in [5.74, 6) is 1.67. The maximum Gasteiger partial charge on any atom is 0.0695 e. The summed E-state index contributed by atoms with van der Waals surface area (Å²) in [6, 6.07) is 0.485. The maximum absolute atomic E-state index is 9.83. The van der Waals surface area contributed by atoms with Gasteiger partial charge in [0.25, 0.3) is 0 Å². The second-order valence-electron chi connectivity index (χ2n) is 5.35. The van der Waals surface area contributed by atoms with Gasteiger partial charge in [-0.1, -0.05) is 13.8 Å². The molecular formula is C12H23NO. The fourth-order valence-corrected chi connectivity index (χ4v) is 3.01. The number of aliphatic hydroxyl groups is 1. The van der Waals surface area contributed by atoms with Gasteiger partial charge in [0.05, 0.1) is 6.10 Å². The molecule has 0 aromatic heterocycles. The molecule has 2 fully saturated rings. The zero-order valence-electron chi connectivity index (χ0n) is 9.45. The van der Waals surface area contributed by atoms with Gasteiger partial charge in [-0.15, -0.1) is 0 Å². The van der Waals surface area contributed by atoms with E-state index in [1.54, 1.807) is 0 Å². The van der Waals surface area contributed by atoms with Crippen molar-refractivity contribution >= 4 is 0 Å². The second kappa shape index (κ2) is 4.19. The highest BCUT2D eigenvalue weighted by Crippen LogP contribution is 2.31. The molecule has 1 unspecified atom stereocenters. The van der Waals surface area contributed by atoms with Crippen LogP contribution in [-0.4, -0.2) is 35.2 Å². The van der Waals surface area contributed by atoms with Crippen LogP contribution in [0.15, 0.2) is 0 Å². The Hall–Kier alpha value is -0.0800. The number of aliphatic hydroxyl groups excluding tert-OH is 1. The van der Waals surface area contributed by atoms with E-state index in [0.29, 0.717) is 6.04 Å². The Morgan fingerprint density at radius 3 is 2.50 bits per heavy atom. The summed E-state index contributed by atoms with van der Waals surface area (Å²) >= 11 is 0. The van der Waals surface area contributed by atoms with E-state index in [0.717, 1.165) is 18.3 Å². The van der Waals surface area contributed by atoms with Gasteiger partial charge in [-0.2, -0.15) is 0 Å². The number of nitrogens with zero attached hydrogens (tertiary/aromatic N) is 1. The van der Waals surface area contributed by atoms with E-state index in [4.69, 9.17) is 0 Å². The average molecular weight is 197 g/mol. The third-order valence-electron chi connectivity index (χ3n) is 4.11. The highest BCUT2D eigenvalue weighted by atomic mass is 16.3. The highest BCUT2D eigenvalue weighted by Gasteiger charge is 2.35. The number of hydrogen-bond donors (Lipinski definition) is 1. The van der Waals surface area contributed by atoms with Crippen molar-refractivity contribution in [1.29, 1.82) is 0 Å². The molecule has 0 radical (unpaired) electrons. The van der Waals surface area contributed by atoms with Crippen LogP contribution in [0.25, 0.3) is 0 Å². The van der Waals surface area contributed by atoms with Crippen LogP contribution >= 0.6 is 0 Å². The van der Waals surface area contributed by atoms with Crippen LogP contribution in [0.3, 0.4) is 0 Å². The van der Waals surface area contributed by atoms with E-state index < -0.39 is 0 Å². The van der Waals surface area contributed by atoms with Gasteiger partial charge < -0.3 is 5.11 Å². The Labute approximate surface area is 87.3 Å². The predicted octanol–water partition coefficient (Wildman–Crippen LogP) is 1.88. The van der Waals surface area contributed by atoms with Crippen molar-refractivity contribution < 1.29 is 5.11 Å². The zero-order valence-corrected chi connectivity index (χ0v) is 9.45. The maximum atomic E-state index is 9.83. The second-order valence-corrected chi connectivity index (χ2v) is 5.35. The van der Waals surface area contributed by atoms with Gasteiger partial charge in [-0.3, -0.25) is 4.90 Å². The summed E-state index contributed by atoms with van der Waals surface area (Å²) in [6.45, 7) is 7.07. The molecule has 1 aliphatic carbocycles. The molecular weight excluding hydrogens is 174 g/mol. The van der Waals surface area contributed by atoms with Gasteiger partial charge >= 0.3 is 0 Å². The third-order valence-corrected chi connectivity index (χ3v) is 4.11. The minimum absolute atomic E-state index is 0.0408. The van der Waals surface area contributed by atoms with Crippen LogP contribution in [-0.2, 0) is 0 Å². The Morgan fingerprint density at radius 2 is 2.00 bits per heavy atom. The molecule has 1 aliphatic heterocycles. The topological polar surface area (TPSA) is 23.5 Å². The molecule has 0 aromatic rings. The van der Waals surface area contributed by atoms with Crippen molar-refractivity contribution in [3.63, 3.8) is 0 Å². The summed E-state index contributed by atoms with van der Waals surface area (Å²) in [5, 5.41) is 9.83. The lowest BCUT2D eigenvalue weighted by Gasteiger charge is -2.27. The Kier molecular flexibility index (Phi) is 3.13. The third kappa shape index (κ3) is 1.96. The quantitative estimate of drug-likeness (QED) is 0.730. The molecule has 14 heavy (non-hydrogen) atoms. The fourth-order valence-electron chi connectivity index (χ4n) is 3.01. The predicted molar refractivity (Wildman–Crippen MR) is 58.2 cm³/mol. The monoisotopic (exact) mass is 197 g/mol. The van der Waals surface area contributed by atoms with Gasteiger partial charge in [0.15, 0.2) is 0 Å². The van der Waals surface area contributed by atoms with Crippen molar-refractivity contribution in [3.05, 3.63) is 0 Å². The van der Waals surface area contributed by atoms with Crippen LogP contribution in [0.2, 0.25) is 0 Å².